The monoisotopic (exact) mass is 396 g/mol. The molecule has 2 aromatic heterocycles. The predicted molar refractivity (Wildman–Crippen MR) is 109 cm³/mol. The van der Waals surface area contributed by atoms with E-state index < -0.39 is 4.92 Å². The Balaban J connectivity index is 1.65. The number of hydrogen-bond donors (Lipinski definition) is 2. The molecule has 0 aliphatic rings. The number of rotatable bonds is 7. The molecule has 29 heavy (non-hydrogen) atoms. The van der Waals surface area contributed by atoms with E-state index in [1.807, 2.05) is 6.92 Å². The molecule has 3 N–H and O–H groups in total. The van der Waals surface area contributed by atoms with Gasteiger partial charge in [0.25, 0.3) is 5.69 Å². The number of nitro groups is 1. The van der Waals surface area contributed by atoms with Gasteiger partial charge >= 0.3 is 0 Å². The molecular weight excluding hydrogens is 375 g/mol. The fourth-order valence-corrected chi connectivity index (χ4v) is 2.91. The van der Waals surface area contributed by atoms with E-state index in [1.54, 1.807) is 25.1 Å². The number of halogens is 1. The van der Waals surface area contributed by atoms with Crippen LogP contribution in [0.2, 0.25) is 0 Å². The average molecular weight is 396 g/mol. The van der Waals surface area contributed by atoms with Crippen molar-refractivity contribution in [2.75, 3.05) is 17.6 Å². The maximum Gasteiger partial charge on any atom is 0.287 e. The SMILES string of the molecule is Cc1cc(-c2cc(NCCCc3ccc([N+](=O)[O-])cn3)nc(N)n2)c(C)cc1F. The Morgan fingerprint density at radius 2 is 1.97 bits per heavy atom. The third-order valence-electron chi connectivity index (χ3n) is 4.46. The Kier molecular flexibility index (Phi) is 5.96. The fourth-order valence-electron chi connectivity index (χ4n) is 2.91. The second-order valence-corrected chi connectivity index (χ2v) is 6.71. The molecule has 0 atom stereocenters. The van der Waals surface area contributed by atoms with Gasteiger partial charge in [0.2, 0.25) is 5.95 Å². The van der Waals surface area contributed by atoms with Crippen LogP contribution in [-0.4, -0.2) is 26.4 Å². The first-order valence-electron chi connectivity index (χ1n) is 9.08. The van der Waals surface area contributed by atoms with Crippen molar-refractivity contribution in [3.63, 3.8) is 0 Å². The first kappa shape index (κ1) is 20.1. The minimum atomic E-state index is -0.472. The zero-order valence-electron chi connectivity index (χ0n) is 16.1. The zero-order chi connectivity index (χ0) is 21.0. The van der Waals surface area contributed by atoms with Crippen LogP contribution in [0.25, 0.3) is 11.3 Å². The molecule has 3 aromatic rings. The van der Waals surface area contributed by atoms with E-state index in [-0.39, 0.29) is 17.5 Å². The quantitative estimate of drug-likeness (QED) is 0.354. The highest BCUT2D eigenvalue weighted by Crippen LogP contribution is 2.26. The second-order valence-electron chi connectivity index (χ2n) is 6.71. The van der Waals surface area contributed by atoms with Crippen molar-refractivity contribution >= 4 is 17.5 Å². The molecule has 2 heterocycles. The van der Waals surface area contributed by atoms with E-state index in [0.717, 1.165) is 23.2 Å². The first-order valence-corrected chi connectivity index (χ1v) is 9.08. The van der Waals surface area contributed by atoms with Crippen molar-refractivity contribution in [2.45, 2.75) is 26.7 Å². The molecule has 0 spiro atoms. The van der Waals surface area contributed by atoms with Crippen LogP contribution >= 0.6 is 0 Å². The molecule has 0 amide bonds. The van der Waals surface area contributed by atoms with E-state index in [1.165, 1.54) is 18.3 Å². The number of benzene rings is 1. The summed E-state index contributed by atoms with van der Waals surface area (Å²) in [4.78, 5) is 22.7. The van der Waals surface area contributed by atoms with Gasteiger partial charge in [-0.25, -0.2) is 9.37 Å². The molecule has 0 radical (unpaired) electrons. The molecule has 8 nitrogen and oxygen atoms in total. The lowest BCUT2D eigenvalue weighted by molar-refractivity contribution is -0.385. The molecule has 0 unspecified atom stereocenters. The Morgan fingerprint density at radius 3 is 2.66 bits per heavy atom. The third kappa shape index (κ3) is 5.01. The van der Waals surface area contributed by atoms with Crippen molar-refractivity contribution in [2.24, 2.45) is 0 Å². The number of aromatic nitrogens is 3. The summed E-state index contributed by atoms with van der Waals surface area (Å²) in [5.41, 5.74) is 9.32. The lowest BCUT2D eigenvalue weighted by Gasteiger charge is -2.11. The number of pyridine rings is 1. The number of nitrogens with two attached hydrogens (primary N) is 1. The topological polar surface area (TPSA) is 120 Å². The van der Waals surface area contributed by atoms with Crippen molar-refractivity contribution in [3.8, 4) is 11.3 Å². The maximum absolute atomic E-state index is 13.7. The van der Waals surface area contributed by atoms with Gasteiger partial charge in [-0.2, -0.15) is 4.98 Å². The Bertz CT molecular complexity index is 1040. The van der Waals surface area contributed by atoms with Crippen LogP contribution in [0.15, 0.2) is 36.5 Å². The molecule has 150 valence electrons. The summed E-state index contributed by atoms with van der Waals surface area (Å²) in [7, 11) is 0. The van der Waals surface area contributed by atoms with Crippen molar-refractivity contribution < 1.29 is 9.31 Å². The predicted octanol–water partition coefficient (Wildman–Crippen LogP) is 3.83. The second kappa shape index (κ2) is 8.59. The third-order valence-corrected chi connectivity index (χ3v) is 4.46. The van der Waals surface area contributed by atoms with Gasteiger partial charge in [0, 0.05) is 29.9 Å². The number of nitrogens with one attached hydrogen (secondary N) is 1. The molecule has 0 bridgehead atoms. The van der Waals surface area contributed by atoms with Gasteiger partial charge in [0.05, 0.1) is 10.6 Å². The van der Waals surface area contributed by atoms with Crippen LogP contribution in [0.4, 0.5) is 21.8 Å². The summed E-state index contributed by atoms with van der Waals surface area (Å²) in [5.74, 6) is 0.445. The lowest BCUT2D eigenvalue weighted by atomic mass is 10.0. The average Bonchev–Trinajstić information content (AvgIpc) is 2.68. The smallest absolute Gasteiger partial charge is 0.287 e. The zero-order valence-corrected chi connectivity index (χ0v) is 16.1. The summed E-state index contributed by atoms with van der Waals surface area (Å²) in [6.07, 6.45) is 2.67. The molecule has 1 aromatic carbocycles. The molecule has 0 fully saturated rings. The molecular formula is C20H21FN6O2. The summed E-state index contributed by atoms with van der Waals surface area (Å²) in [6, 6.07) is 8.10. The number of nitrogens with zero attached hydrogens (tertiary/aromatic N) is 4. The maximum atomic E-state index is 13.7. The van der Waals surface area contributed by atoms with Gasteiger partial charge in [0.15, 0.2) is 0 Å². The molecule has 0 aliphatic carbocycles. The summed E-state index contributed by atoms with van der Waals surface area (Å²) < 4.78 is 13.7. The van der Waals surface area contributed by atoms with Gasteiger partial charge < -0.3 is 11.1 Å². The van der Waals surface area contributed by atoms with Crippen LogP contribution in [0.5, 0.6) is 0 Å². The van der Waals surface area contributed by atoms with Crippen molar-refractivity contribution in [1.29, 1.82) is 0 Å². The standard InChI is InChI=1S/C20H21FN6O2/c1-12-9-17(21)13(2)8-16(12)18-10-19(26-20(22)25-18)23-7-3-4-14-5-6-15(11-24-14)27(28)29/h5-6,8-11H,3-4,7H2,1-2H3,(H3,22,23,25,26). The van der Waals surface area contributed by atoms with Crippen LogP contribution in [0, 0.1) is 29.8 Å². The Hall–Kier alpha value is -3.62. The van der Waals surface area contributed by atoms with E-state index in [9.17, 15) is 14.5 Å². The van der Waals surface area contributed by atoms with Crippen LogP contribution in [0.1, 0.15) is 23.2 Å². The highest BCUT2D eigenvalue weighted by Gasteiger charge is 2.11. The van der Waals surface area contributed by atoms with E-state index in [2.05, 4.69) is 20.3 Å². The summed E-state index contributed by atoms with van der Waals surface area (Å²) in [6.45, 7) is 4.13. The summed E-state index contributed by atoms with van der Waals surface area (Å²) in [5, 5.41) is 13.9. The van der Waals surface area contributed by atoms with Crippen LogP contribution in [-0.2, 0) is 6.42 Å². The highest BCUT2D eigenvalue weighted by molar-refractivity contribution is 5.68. The number of nitrogen functional groups attached to an aromatic ring is 1. The minimum absolute atomic E-state index is 0.0258. The summed E-state index contributed by atoms with van der Waals surface area (Å²) >= 11 is 0. The molecule has 0 saturated heterocycles. The largest absolute Gasteiger partial charge is 0.370 e. The molecule has 9 heteroatoms. The van der Waals surface area contributed by atoms with Crippen molar-refractivity contribution in [1.82, 2.24) is 15.0 Å². The van der Waals surface area contributed by atoms with Gasteiger partial charge in [-0.3, -0.25) is 15.1 Å². The highest BCUT2D eigenvalue weighted by atomic mass is 19.1. The minimum Gasteiger partial charge on any atom is -0.370 e. The molecule has 0 aliphatic heterocycles. The van der Waals surface area contributed by atoms with E-state index in [0.29, 0.717) is 30.0 Å². The van der Waals surface area contributed by atoms with Crippen LogP contribution < -0.4 is 11.1 Å². The fraction of sp³-hybridized carbons (Fsp3) is 0.250. The normalized spacial score (nSPS) is 10.7. The Labute approximate surface area is 167 Å². The number of aryl methyl sites for hydroxylation is 3. The number of hydrogen-bond acceptors (Lipinski definition) is 7. The van der Waals surface area contributed by atoms with E-state index >= 15 is 0 Å². The Morgan fingerprint density at radius 1 is 1.17 bits per heavy atom. The van der Waals surface area contributed by atoms with Gasteiger partial charge in [-0.1, -0.05) is 0 Å². The molecule has 0 saturated carbocycles. The molecule has 3 rings (SSSR count). The lowest BCUT2D eigenvalue weighted by Crippen LogP contribution is -2.08. The van der Waals surface area contributed by atoms with Gasteiger partial charge in [0.1, 0.15) is 17.8 Å². The number of anilines is 2. The van der Waals surface area contributed by atoms with Gasteiger partial charge in [-0.05, 0) is 56.0 Å². The van der Waals surface area contributed by atoms with Gasteiger partial charge in [-0.15, -0.1) is 0 Å². The van der Waals surface area contributed by atoms with Crippen molar-refractivity contribution in [3.05, 3.63) is 69.3 Å². The van der Waals surface area contributed by atoms with Crippen LogP contribution in [0.3, 0.4) is 0 Å². The van der Waals surface area contributed by atoms with E-state index in [4.69, 9.17) is 5.73 Å². The first-order chi connectivity index (χ1) is 13.8.